The fourth-order valence-corrected chi connectivity index (χ4v) is 1.67. The van der Waals surface area contributed by atoms with E-state index < -0.39 is 0 Å². The largest absolute Gasteiger partial charge is 0.324 e. The molecule has 2 N–H and O–H groups in total. The molecule has 1 rings (SSSR count). The Kier molecular flexibility index (Phi) is 7.20. The van der Waals surface area contributed by atoms with Gasteiger partial charge < -0.3 is 5.73 Å². The normalized spacial score (nSPS) is 12.4. The summed E-state index contributed by atoms with van der Waals surface area (Å²) < 4.78 is 13.7. The van der Waals surface area contributed by atoms with Gasteiger partial charge in [0, 0.05) is 6.04 Å². The third-order valence-electron chi connectivity index (χ3n) is 2.43. The highest BCUT2D eigenvalue weighted by Crippen LogP contribution is 2.23. The van der Waals surface area contributed by atoms with Crippen LogP contribution in [-0.2, 0) is 0 Å². The van der Waals surface area contributed by atoms with Gasteiger partial charge in [0.15, 0.2) is 0 Å². The molecule has 92 valence electrons. The lowest BCUT2D eigenvalue weighted by Gasteiger charge is -2.13. The molecule has 0 spiro atoms. The molecule has 0 aliphatic rings. The van der Waals surface area contributed by atoms with Gasteiger partial charge in [-0.15, -0.1) is 12.4 Å². The fraction of sp³-hybridized carbons (Fsp3) is 0.500. The average molecular weight is 311 g/mol. The summed E-state index contributed by atoms with van der Waals surface area (Å²) in [5.74, 6) is 0.392. The molecule has 0 aliphatic carbocycles. The highest BCUT2D eigenvalue weighted by atomic mass is 79.9. The molecule has 1 aromatic rings. The molecular weight excluding hydrogens is 292 g/mol. The zero-order chi connectivity index (χ0) is 11.4. The first-order valence-electron chi connectivity index (χ1n) is 5.21. The Bertz CT molecular complexity index is 331. The number of hydrogen-bond donors (Lipinski definition) is 1. The molecule has 16 heavy (non-hydrogen) atoms. The molecular formula is C12H18BrClFN. The van der Waals surface area contributed by atoms with Crippen LogP contribution < -0.4 is 5.73 Å². The monoisotopic (exact) mass is 309 g/mol. The van der Waals surface area contributed by atoms with Crippen molar-refractivity contribution < 1.29 is 4.39 Å². The Labute approximate surface area is 111 Å². The van der Waals surface area contributed by atoms with Gasteiger partial charge in [0.25, 0.3) is 0 Å². The minimum atomic E-state index is -0.243. The summed E-state index contributed by atoms with van der Waals surface area (Å²) in [6.45, 7) is 4.32. The fourth-order valence-electron chi connectivity index (χ4n) is 1.42. The molecule has 0 aliphatic heterocycles. The van der Waals surface area contributed by atoms with Gasteiger partial charge in [-0.2, -0.15) is 0 Å². The van der Waals surface area contributed by atoms with Gasteiger partial charge in [-0.3, -0.25) is 0 Å². The Balaban J connectivity index is 0.00000225. The highest BCUT2D eigenvalue weighted by Gasteiger charge is 2.09. The number of benzene rings is 1. The van der Waals surface area contributed by atoms with Crippen LogP contribution in [0.1, 0.15) is 38.3 Å². The summed E-state index contributed by atoms with van der Waals surface area (Å²) >= 11 is 3.12. The van der Waals surface area contributed by atoms with Crippen molar-refractivity contribution in [1.82, 2.24) is 0 Å². The predicted molar refractivity (Wildman–Crippen MR) is 72.3 cm³/mol. The second kappa shape index (κ2) is 7.25. The maximum absolute atomic E-state index is 13.2. The Hall–Kier alpha value is -0.120. The first-order valence-corrected chi connectivity index (χ1v) is 6.00. The van der Waals surface area contributed by atoms with Gasteiger partial charge >= 0.3 is 0 Å². The number of halogens is 3. The topological polar surface area (TPSA) is 26.0 Å². The lowest BCUT2D eigenvalue weighted by molar-refractivity contribution is 0.505. The van der Waals surface area contributed by atoms with E-state index in [-0.39, 0.29) is 24.3 Å². The van der Waals surface area contributed by atoms with E-state index in [0.717, 1.165) is 18.4 Å². The molecule has 0 heterocycles. The summed E-state index contributed by atoms with van der Waals surface area (Å²) in [4.78, 5) is 0. The van der Waals surface area contributed by atoms with Crippen LogP contribution in [0.15, 0.2) is 22.7 Å². The van der Waals surface area contributed by atoms with Crippen LogP contribution >= 0.6 is 28.3 Å². The minimum Gasteiger partial charge on any atom is -0.324 e. The van der Waals surface area contributed by atoms with Crippen molar-refractivity contribution in [2.24, 2.45) is 11.7 Å². The van der Waals surface area contributed by atoms with Gasteiger partial charge in [0.2, 0.25) is 0 Å². The number of rotatable bonds is 4. The van der Waals surface area contributed by atoms with Crippen LogP contribution in [0, 0.1) is 11.7 Å². The van der Waals surface area contributed by atoms with Crippen LogP contribution in [0.3, 0.4) is 0 Å². The van der Waals surface area contributed by atoms with Crippen LogP contribution in [0.2, 0.25) is 0 Å². The first-order chi connectivity index (χ1) is 7.00. The summed E-state index contributed by atoms with van der Waals surface area (Å²) in [5.41, 5.74) is 6.85. The number of hydrogen-bond acceptors (Lipinski definition) is 1. The molecule has 0 amide bonds. The van der Waals surface area contributed by atoms with E-state index in [0.29, 0.717) is 10.4 Å². The third-order valence-corrected chi connectivity index (χ3v) is 3.07. The second-order valence-corrected chi connectivity index (χ2v) is 5.11. The van der Waals surface area contributed by atoms with Crippen LogP contribution in [-0.4, -0.2) is 0 Å². The summed E-state index contributed by atoms with van der Waals surface area (Å²) in [6, 6.07) is 5.03. The van der Waals surface area contributed by atoms with Crippen LogP contribution in [0.25, 0.3) is 0 Å². The van der Waals surface area contributed by atoms with Crippen molar-refractivity contribution in [3.63, 3.8) is 0 Å². The average Bonchev–Trinajstić information content (AvgIpc) is 2.18. The van der Waals surface area contributed by atoms with E-state index in [1.54, 1.807) is 6.07 Å². The molecule has 0 aromatic heterocycles. The van der Waals surface area contributed by atoms with Crippen molar-refractivity contribution in [3.05, 3.63) is 34.1 Å². The molecule has 1 atom stereocenters. The van der Waals surface area contributed by atoms with Gasteiger partial charge in [-0.25, -0.2) is 4.39 Å². The van der Waals surface area contributed by atoms with Gasteiger partial charge in [0.1, 0.15) is 5.82 Å². The van der Waals surface area contributed by atoms with E-state index in [9.17, 15) is 4.39 Å². The van der Waals surface area contributed by atoms with Crippen LogP contribution in [0.5, 0.6) is 0 Å². The van der Waals surface area contributed by atoms with E-state index >= 15 is 0 Å². The van der Waals surface area contributed by atoms with Gasteiger partial charge in [-0.05, 0) is 52.4 Å². The molecule has 0 fully saturated rings. The van der Waals surface area contributed by atoms with Crippen molar-refractivity contribution >= 4 is 28.3 Å². The molecule has 0 radical (unpaired) electrons. The summed E-state index contributed by atoms with van der Waals surface area (Å²) in [6.07, 6.45) is 1.97. The van der Waals surface area contributed by atoms with Crippen molar-refractivity contribution in [3.8, 4) is 0 Å². The zero-order valence-corrected chi connectivity index (χ0v) is 11.9. The quantitative estimate of drug-likeness (QED) is 0.874. The SMILES string of the molecule is CC(C)CC[C@@H](N)c1ccc(Br)c(F)c1.Cl. The molecule has 0 unspecified atom stereocenters. The molecule has 1 aromatic carbocycles. The second-order valence-electron chi connectivity index (χ2n) is 4.25. The minimum absolute atomic E-state index is 0. The standard InChI is InChI=1S/C12H17BrFN.ClH/c1-8(2)3-6-12(15)9-4-5-10(13)11(14)7-9;/h4-5,7-8,12H,3,6,15H2,1-2H3;1H/t12-;/m1./s1. The summed E-state index contributed by atoms with van der Waals surface area (Å²) in [5, 5.41) is 0. The predicted octanol–water partition coefficient (Wildman–Crippen LogP) is 4.45. The maximum Gasteiger partial charge on any atom is 0.137 e. The van der Waals surface area contributed by atoms with E-state index in [1.807, 2.05) is 6.07 Å². The van der Waals surface area contributed by atoms with E-state index in [1.165, 1.54) is 6.07 Å². The zero-order valence-electron chi connectivity index (χ0n) is 9.54. The van der Waals surface area contributed by atoms with Crippen molar-refractivity contribution in [2.45, 2.75) is 32.7 Å². The molecule has 0 saturated heterocycles. The first kappa shape index (κ1) is 15.9. The highest BCUT2D eigenvalue weighted by molar-refractivity contribution is 9.10. The van der Waals surface area contributed by atoms with Gasteiger partial charge in [0.05, 0.1) is 4.47 Å². The smallest absolute Gasteiger partial charge is 0.137 e. The molecule has 1 nitrogen and oxygen atoms in total. The Morgan fingerprint density at radius 3 is 2.44 bits per heavy atom. The van der Waals surface area contributed by atoms with E-state index in [4.69, 9.17) is 5.73 Å². The van der Waals surface area contributed by atoms with Gasteiger partial charge in [-0.1, -0.05) is 19.9 Å². The lowest BCUT2D eigenvalue weighted by Crippen LogP contribution is -2.11. The Morgan fingerprint density at radius 1 is 1.31 bits per heavy atom. The molecule has 4 heteroatoms. The third kappa shape index (κ3) is 4.81. The van der Waals surface area contributed by atoms with Crippen molar-refractivity contribution in [1.29, 1.82) is 0 Å². The lowest BCUT2D eigenvalue weighted by atomic mass is 9.98. The van der Waals surface area contributed by atoms with Crippen molar-refractivity contribution in [2.75, 3.05) is 0 Å². The molecule has 0 bridgehead atoms. The maximum atomic E-state index is 13.2. The Morgan fingerprint density at radius 2 is 1.94 bits per heavy atom. The van der Waals surface area contributed by atoms with E-state index in [2.05, 4.69) is 29.8 Å². The number of nitrogens with two attached hydrogens (primary N) is 1. The van der Waals surface area contributed by atoms with Crippen LogP contribution in [0.4, 0.5) is 4.39 Å². The molecule has 0 saturated carbocycles. The summed E-state index contributed by atoms with van der Waals surface area (Å²) in [7, 11) is 0.